The minimum Gasteiger partial charge on any atom is -0.362 e. The van der Waals surface area contributed by atoms with E-state index in [9.17, 15) is 0 Å². The molecule has 0 unspecified atom stereocenters. The van der Waals surface area contributed by atoms with Crippen LogP contribution in [0.15, 0.2) is 16.3 Å². The lowest BCUT2D eigenvalue weighted by molar-refractivity contribution is 0.316. The summed E-state index contributed by atoms with van der Waals surface area (Å²) in [7, 11) is 0. The van der Waals surface area contributed by atoms with E-state index in [4.69, 9.17) is 0 Å². The zero-order valence-electron chi connectivity index (χ0n) is 10.3. The van der Waals surface area contributed by atoms with Crippen LogP contribution in [0, 0.1) is 13.8 Å². The molecular weight excluding hydrogens is 200 g/mol. The van der Waals surface area contributed by atoms with Crippen molar-refractivity contribution in [2.75, 3.05) is 6.54 Å². The molecular formula is C12H18N4. The second kappa shape index (κ2) is 4.12. The van der Waals surface area contributed by atoms with Gasteiger partial charge in [0.2, 0.25) is 0 Å². The predicted octanol–water partition coefficient (Wildman–Crippen LogP) is 2.44. The van der Waals surface area contributed by atoms with E-state index in [-0.39, 0.29) is 0 Å². The summed E-state index contributed by atoms with van der Waals surface area (Å²) in [5.74, 6) is 0. The molecule has 1 aliphatic heterocycles. The molecule has 4 heteroatoms. The Morgan fingerprint density at radius 2 is 2.06 bits per heavy atom. The Morgan fingerprint density at radius 3 is 2.62 bits per heavy atom. The van der Waals surface area contributed by atoms with E-state index in [2.05, 4.69) is 42.0 Å². The fraction of sp³-hybridized carbons (Fsp3) is 0.500. The highest BCUT2D eigenvalue weighted by Gasteiger charge is 2.16. The van der Waals surface area contributed by atoms with Crippen molar-refractivity contribution in [2.24, 2.45) is 10.2 Å². The Hall–Kier alpha value is -1.58. The first-order valence-electron chi connectivity index (χ1n) is 5.66. The maximum Gasteiger partial charge on any atom is 0.0773 e. The van der Waals surface area contributed by atoms with Crippen LogP contribution in [0.5, 0.6) is 0 Å². The van der Waals surface area contributed by atoms with Crippen LogP contribution in [-0.2, 0) is 0 Å². The van der Waals surface area contributed by atoms with Gasteiger partial charge >= 0.3 is 0 Å². The number of nitrogens with zero attached hydrogens (tertiary/aromatic N) is 3. The molecule has 4 nitrogen and oxygen atoms in total. The van der Waals surface area contributed by atoms with E-state index in [1.54, 1.807) is 5.12 Å². The van der Waals surface area contributed by atoms with E-state index >= 15 is 0 Å². The summed E-state index contributed by atoms with van der Waals surface area (Å²) < 4.78 is 0. The van der Waals surface area contributed by atoms with Crippen LogP contribution in [0.4, 0.5) is 0 Å². The molecule has 0 amide bonds. The van der Waals surface area contributed by atoms with E-state index in [0.29, 0.717) is 0 Å². The van der Waals surface area contributed by atoms with Crippen LogP contribution in [0.3, 0.4) is 0 Å². The third kappa shape index (κ3) is 2.01. The second-order valence-electron chi connectivity index (χ2n) is 4.24. The first kappa shape index (κ1) is 10.9. The van der Waals surface area contributed by atoms with E-state index < -0.39 is 0 Å². The highest BCUT2D eigenvalue weighted by Crippen LogP contribution is 2.17. The van der Waals surface area contributed by atoms with Gasteiger partial charge in [0.05, 0.1) is 12.3 Å². The molecule has 0 fully saturated rings. The van der Waals surface area contributed by atoms with Gasteiger partial charge in [-0.05, 0) is 33.8 Å². The fourth-order valence-corrected chi connectivity index (χ4v) is 1.99. The number of hydrogen-bond acceptors (Lipinski definition) is 3. The quantitative estimate of drug-likeness (QED) is 0.814. The number of H-pyrrole nitrogens is 1. The molecule has 86 valence electrons. The minimum atomic E-state index is 0.809. The summed E-state index contributed by atoms with van der Waals surface area (Å²) in [6.07, 6.45) is 0.842. The lowest BCUT2D eigenvalue weighted by atomic mass is 10.1. The van der Waals surface area contributed by atoms with Crippen LogP contribution in [-0.4, -0.2) is 28.1 Å². The largest absolute Gasteiger partial charge is 0.362 e. The first-order valence-corrected chi connectivity index (χ1v) is 5.66. The molecule has 16 heavy (non-hydrogen) atoms. The van der Waals surface area contributed by atoms with Gasteiger partial charge in [0, 0.05) is 29.1 Å². The molecule has 2 heterocycles. The van der Waals surface area contributed by atoms with Gasteiger partial charge in [-0.3, -0.25) is 0 Å². The zero-order valence-corrected chi connectivity index (χ0v) is 10.3. The zero-order chi connectivity index (χ0) is 11.7. The van der Waals surface area contributed by atoms with Gasteiger partial charge in [-0.2, -0.15) is 15.3 Å². The molecule has 0 saturated carbocycles. The number of aromatic amines is 1. The molecule has 2 rings (SSSR count). The van der Waals surface area contributed by atoms with Crippen molar-refractivity contribution < 1.29 is 0 Å². The highest BCUT2D eigenvalue weighted by molar-refractivity contribution is 6.13. The lowest BCUT2D eigenvalue weighted by Crippen LogP contribution is -2.23. The van der Waals surface area contributed by atoms with Gasteiger partial charge in [-0.15, -0.1) is 0 Å². The molecule has 0 aromatic carbocycles. The summed E-state index contributed by atoms with van der Waals surface area (Å²) in [6.45, 7) is 9.06. The Kier molecular flexibility index (Phi) is 2.81. The lowest BCUT2D eigenvalue weighted by Gasteiger charge is -2.19. The molecule has 1 N–H and O–H groups in total. The molecule has 0 spiro atoms. The fourth-order valence-electron chi connectivity index (χ4n) is 1.99. The molecule has 1 aromatic rings. The van der Waals surface area contributed by atoms with Crippen molar-refractivity contribution in [3.8, 4) is 0 Å². The summed E-state index contributed by atoms with van der Waals surface area (Å²) in [4.78, 5) is 3.31. The molecule has 0 atom stereocenters. The van der Waals surface area contributed by atoms with Gasteiger partial charge in [0.15, 0.2) is 0 Å². The molecule has 0 aliphatic carbocycles. The smallest absolute Gasteiger partial charge is 0.0773 e. The number of hydrazone groups is 2. The molecule has 1 aliphatic rings. The van der Waals surface area contributed by atoms with Gasteiger partial charge in [0.1, 0.15) is 0 Å². The van der Waals surface area contributed by atoms with Gasteiger partial charge in [-0.25, -0.2) is 0 Å². The number of aromatic nitrogens is 1. The number of rotatable bonds is 2. The van der Waals surface area contributed by atoms with Crippen LogP contribution >= 0.6 is 0 Å². The third-order valence-corrected chi connectivity index (χ3v) is 2.69. The van der Waals surface area contributed by atoms with Crippen LogP contribution < -0.4 is 0 Å². The monoisotopic (exact) mass is 218 g/mol. The number of nitrogens with one attached hydrogen (secondary N) is 1. The third-order valence-electron chi connectivity index (χ3n) is 2.69. The minimum absolute atomic E-state index is 0.809. The number of hydrogen-bond donors (Lipinski definition) is 1. The van der Waals surface area contributed by atoms with E-state index in [1.807, 2.05) is 6.92 Å². The van der Waals surface area contributed by atoms with Crippen LogP contribution in [0.1, 0.15) is 37.2 Å². The van der Waals surface area contributed by atoms with Crippen molar-refractivity contribution in [3.63, 3.8) is 0 Å². The van der Waals surface area contributed by atoms with Crippen LogP contribution in [0.25, 0.3) is 0 Å². The van der Waals surface area contributed by atoms with Gasteiger partial charge < -0.3 is 4.98 Å². The normalized spacial score (nSPS) is 16.1. The van der Waals surface area contributed by atoms with E-state index in [1.165, 1.54) is 17.0 Å². The standard InChI is InChI=1S/C12H18N4/c1-5-16-14-9(3)7-12(15-16)11-6-8(2)13-10(11)4/h6,13H,5,7H2,1-4H3. The van der Waals surface area contributed by atoms with E-state index in [0.717, 1.165) is 24.4 Å². The average Bonchev–Trinajstić information content (AvgIpc) is 2.57. The first-order chi connectivity index (χ1) is 7.60. The van der Waals surface area contributed by atoms with Gasteiger partial charge in [0.25, 0.3) is 0 Å². The maximum absolute atomic E-state index is 4.54. The Labute approximate surface area is 96.0 Å². The van der Waals surface area contributed by atoms with Crippen molar-refractivity contribution in [1.82, 2.24) is 10.1 Å². The second-order valence-corrected chi connectivity index (χ2v) is 4.24. The Balaban J connectivity index is 2.35. The highest BCUT2D eigenvalue weighted by atomic mass is 15.7. The average molecular weight is 218 g/mol. The van der Waals surface area contributed by atoms with Crippen molar-refractivity contribution in [2.45, 2.75) is 34.1 Å². The van der Waals surface area contributed by atoms with Crippen molar-refractivity contribution >= 4 is 11.4 Å². The summed E-state index contributed by atoms with van der Waals surface area (Å²) >= 11 is 0. The summed E-state index contributed by atoms with van der Waals surface area (Å²) in [6, 6.07) is 2.15. The Bertz CT molecular complexity index is 454. The van der Waals surface area contributed by atoms with Gasteiger partial charge in [-0.1, -0.05) is 0 Å². The topological polar surface area (TPSA) is 43.8 Å². The van der Waals surface area contributed by atoms with Crippen LogP contribution in [0.2, 0.25) is 0 Å². The van der Waals surface area contributed by atoms with Crippen molar-refractivity contribution in [3.05, 3.63) is 23.0 Å². The predicted molar refractivity (Wildman–Crippen MR) is 66.9 cm³/mol. The molecule has 1 aromatic heterocycles. The SMILES string of the molecule is CCN1N=C(C)CC(c2cc(C)[nH]c2C)=N1. The molecule has 0 saturated heterocycles. The van der Waals surface area contributed by atoms with Crippen molar-refractivity contribution in [1.29, 1.82) is 0 Å². The summed E-state index contributed by atoms with van der Waals surface area (Å²) in [5.41, 5.74) is 5.80. The summed E-state index contributed by atoms with van der Waals surface area (Å²) in [5, 5.41) is 10.7. The number of aryl methyl sites for hydroxylation is 2. The maximum atomic E-state index is 4.54. The Morgan fingerprint density at radius 1 is 1.31 bits per heavy atom. The molecule has 0 bridgehead atoms. The molecule has 0 radical (unpaired) electrons.